The van der Waals surface area contributed by atoms with Crippen molar-refractivity contribution >= 4 is 22.6 Å². The van der Waals surface area contributed by atoms with Crippen molar-refractivity contribution in [3.8, 4) is 11.8 Å². The number of hydrogen-bond acceptors (Lipinski definition) is 6. The van der Waals surface area contributed by atoms with Crippen LogP contribution in [0.4, 0.5) is 0 Å². The number of carbonyl (C=O) groups is 2. The summed E-state index contributed by atoms with van der Waals surface area (Å²) in [6.45, 7) is 2.64. The average Bonchev–Trinajstić information content (AvgIpc) is 3.09. The van der Waals surface area contributed by atoms with Crippen LogP contribution in [0, 0.1) is 6.92 Å². The van der Waals surface area contributed by atoms with Gasteiger partial charge in [-0.05, 0) is 25.8 Å². The molecule has 0 radical (unpaired) electrons. The number of methoxy groups -OCH3 is 1. The smallest absolute Gasteiger partial charge is 0.295 e. The quantitative estimate of drug-likeness (QED) is 0.528. The molecule has 1 amide bonds. The van der Waals surface area contributed by atoms with Crippen LogP contribution in [-0.2, 0) is 4.79 Å². The summed E-state index contributed by atoms with van der Waals surface area (Å²) in [7, 11) is 1.50. The maximum atomic E-state index is 13.0. The predicted molar refractivity (Wildman–Crippen MR) is 106 cm³/mol. The molecule has 1 unspecified atom stereocenters. The molecule has 1 aromatic carbocycles. The summed E-state index contributed by atoms with van der Waals surface area (Å²) in [5, 5.41) is 0.762. The second-order valence-electron chi connectivity index (χ2n) is 7.00. The number of piperidine rings is 1. The Morgan fingerprint density at radius 3 is 2.72 bits per heavy atom. The number of amides is 1. The summed E-state index contributed by atoms with van der Waals surface area (Å²) in [5.74, 6) is -0.440. The predicted octanol–water partition coefficient (Wildman–Crippen LogP) is 2.53. The second-order valence-corrected chi connectivity index (χ2v) is 7.00. The van der Waals surface area contributed by atoms with E-state index >= 15 is 0 Å². The van der Waals surface area contributed by atoms with Gasteiger partial charge < -0.3 is 19.4 Å². The zero-order valence-electron chi connectivity index (χ0n) is 16.3. The van der Waals surface area contributed by atoms with E-state index in [1.54, 1.807) is 4.90 Å². The zero-order valence-corrected chi connectivity index (χ0v) is 16.3. The van der Waals surface area contributed by atoms with Crippen molar-refractivity contribution < 1.29 is 19.1 Å². The van der Waals surface area contributed by atoms with Crippen LogP contribution in [-0.4, -0.2) is 57.8 Å². The van der Waals surface area contributed by atoms with Crippen LogP contribution >= 0.6 is 0 Å². The number of ketones is 1. The number of nitrogens with one attached hydrogen (secondary N) is 1. The summed E-state index contributed by atoms with van der Waals surface area (Å²) in [6.07, 6.45) is 4.25. The Morgan fingerprint density at radius 2 is 1.93 bits per heavy atom. The number of nitrogens with zero attached hydrogens (tertiary/aromatic N) is 3. The van der Waals surface area contributed by atoms with Crippen molar-refractivity contribution in [2.75, 3.05) is 20.2 Å². The second kappa shape index (κ2) is 7.90. The summed E-state index contributed by atoms with van der Waals surface area (Å²) < 4.78 is 11.1. The third-order valence-corrected chi connectivity index (χ3v) is 5.09. The van der Waals surface area contributed by atoms with Crippen LogP contribution < -0.4 is 9.47 Å². The molecule has 1 aliphatic heterocycles. The third-order valence-electron chi connectivity index (χ3n) is 5.09. The number of ether oxygens (including phenoxy) is 2. The summed E-state index contributed by atoms with van der Waals surface area (Å²) >= 11 is 0. The van der Waals surface area contributed by atoms with Gasteiger partial charge in [0.1, 0.15) is 6.10 Å². The lowest BCUT2D eigenvalue weighted by Crippen LogP contribution is -2.47. The minimum atomic E-state index is -0.516. The van der Waals surface area contributed by atoms with Gasteiger partial charge in [-0.3, -0.25) is 9.59 Å². The van der Waals surface area contributed by atoms with Crippen LogP contribution in [0.15, 0.2) is 36.7 Å². The van der Waals surface area contributed by atoms with Gasteiger partial charge in [0.05, 0.1) is 19.2 Å². The SMILES string of the molecule is COc1nccnc1OC1CCCN(C(=O)C(=O)c2c(C)[nH]c3ccccc23)C1. The fourth-order valence-corrected chi connectivity index (χ4v) is 3.73. The number of benzene rings is 1. The number of likely N-dealkylation sites (tertiary alicyclic amines) is 1. The van der Waals surface area contributed by atoms with E-state index in [4.69, 9.17) is 9.47 Å². The van der Waals surface area contributed by atoms with E-state index in [9.17, 15) is 9.59 Å². The number of rotatable bonds is 5. The van der Waals surface area contributed by atoms with Crippen molar-refractivity contribution in [3.63, 3.8) is 0 Å². The first-order valence-corrected chi connectivity index (χ1v) is 9.51. The number of aryl methyl sites for hydroxylation is 1. The number of H-pyrrole nitrogens is 1. The minimum absolute atomic E-state index is 0.282. The number of aromatic amines is 1. The third kappa shape index (κ3) is 3.65. The largest absolute Gasteiger partial charge is 0.477 e. The van der Waals surface area contributed by atoms with E-state index in [2.05, 4.69) is 15.0 Å². The van der Waals surface area contributed by atoms with Crippen LogP contribution in [0.2, 0.25) is 0 Å². The van der Waals surface area contributed by atoms with Crippen molar-refractivity contribution in [3.05, 3.63) is 47.9 Å². The lowest BCUT2D eigenvalue weighted by atomic mass is 10.0. The van der Waals surface area contributed by atoms with Gasteiger partial charge in [0.2, 0.25) is 0 Å². The fraction of sp³-hybridized carbons (Fsp3) is 0.333. The van der Waals surface area contributed by atoms with E-state index in [1.165, 1.54) is 19.5 Å². The molecule has 1 saturated heterocycles. The topological polar surface area (TPSA) is 97.4 Å². The molecule has 1 atom stereocenters. The van der Waals surface area contributed by atoms with Crippen LogP contribution in [0.3, 0.4) is 0 Å². The van der Waals surface area contributed by atoms with Gasteiger partial charge in [-0.1, -0.05) is 18.2 Å². The lowest BCUT2D eigenvalue weighted by molar-refractivity contribution is -0.129. The number of para-hydroxylation sites is 1. The van der Waals surface area contributed by atoms with Crippen molar-refractivity contribution in [1.29, 1.82) is 0 Å². The van der Waals surface area contributed by atoms with E-state index in [0.717, 1.165) is 23.7 Å². The number of fused-ring (bicyclic) bond motifs is 1. The molecule has 1 aliphatic rings. The highest BCUT2D eigenvalue weighted by Gasteiger charge is 2.32. The molecule has 8 heteroatoms. The van der Waals surface area contributed by atoms with Crippen molar-refractivity contribution in [2.45, 2.75) is 25.9 Å². The molecular weight excluding hydrogens is 372 g/mol. The zero-order chi connectivity index (χ0) is 20.4. The van der Waals surface area contributed by atoms with E-state index in [1.807, 2.05) is 31.2 Å². The summed E-state index contributed by atoms with van der Waals surface area (Å²) in [5.41, 5.74) is 1.97. The summed E-state index contributed by atoms with van der Waals surface area (Å²) in [4.78, 5) is 38.9. The van der Waals surface area contributed by atoms with Gasteiger partial charge in [0.25, 0.3) is 23.5 Å². The molecule has 1 fully saturated rings. The molecular formula is C21H22N4O4. The number of aromatic nitrogens is 3. The number of Topliss-reactive ketones (excluding diaryl/α,β-unsaturated/α-hetero) is 1. The highest BCUT2D eigenvalue weighted by molar-refractivity contribution is 6.45. The molecule has 8 nitrogen and oxygen atoms in total. The highest BCUT2D eigenvalue weighted by atomic mass is 16.5. The van der Waals surface area contributed by atoms with E-state index in [-0.39, 0.29) is 12.0 Å². The molecule has 0 aliphatic carbocycles. The van der Waals surface area contributed by atoms with Crippen LogP contribution in [0.1, 0.15) is 28.9 Å². The van der Waals surface area contributed by atoms with Crippen molar-refractivity contribution in [1.82, 2.24) is 19.9 Å². The Morgan fingerprint density at radius 1 is 1.17 bits per heavy atom. The Bertz CT molecular complexity index is 1060. The molecule has 0 saturated carbocycles. The standard InChI is InChI=1S/C21H22N4O4/c1-13-17(15-7-3-4-8-16(15)24-13)18(26)21(27)25-11-5-6-14(12-25)29-20-19(28-2)22-9-10-23-20/h3-4,7-10,14,24H,5-6,11-12H2,1-2H3. The number of hydrogen-bond donors (Lipinski definition) is 1. The molecule has 4 rings (SSSR count). The van der Waals surface area contributed by atoms with Crippen LogP contribution in [0.5, 0.6) is 11.8 Å². The Labute approximate surface area is 167 Å². The molecule has 1 N–H and O–H groups in total. The first kappa shape index (κ1) is 18.9. The maximum Gasteiger partial charge on any atom is 0.295 e. The molecule has 0 bridgehead atoms. The highest BCUT2D eigenvalue weighted by Crippen LogP contribution is 2.26. The Kier molecular flexibility index (Phi) is 5.16. The Balaban J connectivity index is 1.51. The lowest BCUT2D eigenvalue weighted by Gasteiger charge is -2.32. The Hall–Kier alpha value is -3.42. The first-order chi connectivity index (χ1) is 14.1. The van der Waals surface area contributed by atoms with Crippen molar-refractivity contribution in [2.24, 2.45) is 0 Å². The summed E-state index contributed by atoms with van der Waals surface area (Å²) in [6, 6.07) is 7.49. The molecule has 3 heterocycles. The van der Waals surface area contributed by atoms with Crippen LogP contribution in [0.25, 0.3) is 10.9 Å². The van der Waals surface area contributed by atoms with Gasteiger partial charge >= 0.3 is 0 Å². The number of carbonyl (C=O) groups excluding carboxylic acids is 2. The van der Waals surface area contributed by atoms with Gasteiger partial charge in [-0.2, -0.15) is 0 Å². The maximum absolute atomic E-state index is 13.0. The molecule has 29 heavy (non-hydrogen) atoms. The van der Waals surface area contributed by atoms with E-state index < -0.39 is 11.7 Å². The van der Waals surface area contributed by atoms with Gasteiger partial charge in [-0.25, -0.2) is 9.97 Å². The average molecular weight is 394 g/mol. The van der Waals surface area contributed by atoms with Gasteiger partial charge in [0.15, 0.2) is 0 Å². The molecule has 2 aromatic heterocycles. The molecule has 150 valence electrons. The van der Waals surface area contributed by atoms with Gasteiger partial charge in [0, 0.05) is 35.5 Å². The normalized spacial score (nSPS) is 16.6. The molecule has 0 spiro atoms. The first-order valence-electron chi connectivity index (χ1n) is 9.51. The van der Waals surface area contributed by atoms with Gasteiger partial charge in [-0.15, -0.1) is 0 Å². The minimum Gasteiger partial charge on any atom is -0.477 e. The monoisotopic (exact) mass is 394 g/mol. The van der Waals surface area contributed by atoms with E-state index in [0.29, 0.717) is 30.2 Å². The fourth-order valence-electron chi connectivity index (χ4n) is 3.73. The molecule has 3 aromatic rings.